The molecule has 1 aromatic carbocycles. The largest absolute Gasteiger partial charge is 0.496 e. The summed E-state index contributed by atoms with van der Waals surface area (Å²) in [4.78, 5) is 0. The van der Waals surface area contributed by atoms with E-state index in [0.717, 1.165) is 5.75 Å². The van der Waals surface area contributed by atoms with E-state index < -0.39 is 0 Å². The molecule has 90 valence electrons. The lowest BCUT2D eigenvalue weighted by Gasteiger charge is -2.25. The van der Waals surface area contributed by atoms with Crippen LogP contribution in [0.2, 0.25) is 0 Å². The number of ether oxygens (including phenoxy) is 1. The van der Waals surface area contributed by atoms with Crippen molar-refractivity contribution in [3.63, 3.8) is 0 Å². The van der Waals surface area contributed by atoms with Crippen molar-refractivity contribution >= 4 is 0 Å². The standard InChI is InChI=1S/C15H24O/c1-10(2)12-9-13(15(4,5)6)11(3)8-14(12)16-7/h8-10H,1-7H3. The van der Waals surface area contributed by atoms with Crippen molar-refractivity contribution in [2.45, 2.75) is 52.9 Å². The zero-order valence-electron chi connectivity index (χ0n) is 11.6. The van der Waals surface area contributed by atoms with Gasteiger partial charge in [-0.2, -0.15) is 0 Å². The van der Waals surface area contributed by atoms with Gasteiger partial charge in [0.05, 0.1) is 7.11 Å². The van der Waals surface area contributed by atoms with Gasteiger partial charge in [-0.25, -0.2) is 0 Å². The van der Waals surface area contributed by atoms with Crippen molar-refractivity contribution in [1.82, 2.24) is 0 Å². The molecule has 0 bridgehead atoms. The van der Waals surface area contributed by atoms with E-state index >= 15 is 0 Å². The normalized spacial score (nSPS) is 12.0. The summed E-state index contributed by atoms with van der Waals surface area (Å²) < 4.78 is 5.46. The van der Waals surface area contributed by atoms with Crippen LogP contribution in [-0.2, 0) is 5.41 Å². The van der Waals surface area contributed by atoms with Gasteiger partial charge in [0.15, 0.2) is 0 Å². The van der Waals surface area contributed by atoms with E-state index in [-0.39, 0.29) is 5.41 Å². The minimum absolute atomic E-state index is 0.194. The van der Waals surface area contributed by atoms with Crippen LogP contribution >= 0.6 is 0 Å². The topological polar surface area (TPSA) is 9.23 Å². The van der Waals surface area contributed by atoms with Gasteiger partial charge in [0, 0.05) is 0 Å². The minimum atomic E-state index is 0.194. The molecule has 1 heteroatoms. The summed E-state index contributed by atoms with van der Waals surface area (Å²) in [6.07, 6.45) is 0. The predicted octanol–water partition coefficient (Wildman–Crippen LogP) is 4.42. The molecule has 16 heavy (non-hydrogen) atoms. The first-order chi connectivity index (χ1) is 7.27. The molecular weight excluding hydrogens is 196 g/mol. The molecule has 0 aliphatic rings. The molecule has 0 aliphatic heterocycles. The first-order valence-electron chi connectivity index (χ1n) is 5.96. The van der Waals surface area contributed by atoms with Crippen LogP contribution in [0.3, 0.4) is 0 Å². The van der Waals surface area contributed by atoms with Gasteiger partial charge >= 0.3 is 0 Å². The third kappa shape index (κ3) is 2.58. The van der Waals surface area contributed by atoms with Crippen LogP contribution < -0.4 is 4.74 Å². The SMILES string of the molecule is COc1cc(C)c(C(C)(C)C)cc1C(C)C. The monoisotopic (exact) mass is 220 g/mol. The summed E-state index contributed by atoms with van der Waals surface area (Å²) in [6.45, 7) is 13.3. The van der Waals surface area contributed by atoms with E-state index in [1.165, 1.54) is 16.7 Å². The number of hydrogen-bond acceptors (Lipinski definition) is 1. The van der Waals surface area contributed by atoms with E-state index in [1.54, 1.807) is 7.11 Å². The maximum atomic E-state index is 5.46. The first kappa shape index (κ1) is 13.1. The fraction of sp³-hybridized carbons (Fsp3) is 0.600. The average molecular weight is 220 g/mol. The summed E-state index contributed by atoms with van der Waals surface area (Å²) in [5.41, 5.74) is 4.23. The maximum Gasteiger partial charge on any atom is 0.122 e. The molecule has 1 rings (SSSR count). The van der Waals surface area contributed by atoms with Crippen molar-refractivity contribution in [1.29, 1.82) is 0 Å². The Morgan fingerprint density at radius 3 is 2.06 bits per heavy atom. The van der Waals surface area contributed by atoms with Crippen LogP contribution in [0.25, 0.3) is 0 Å². The number of benzene rings is 1. The summed E-state index contributed by atoms with van der Waals surface area (Å²) in [6, 6.07) is 4.47. The number of rotatable bonds is 2. The van der Waals surface area contributed by atoms with Crippen molar-refractivity contribution in [2.75, 3.05) is 7.11 Å². The molecule has 0 saturated carbocycles. The van der Waals surface area contributed by atoms with E-state index in [2.05, 4.69) is 53.7 Å². The number of hydrogen-bond donors (Lipinski definition) is 0. The lowest BCUT2D eigenvalue weighted by Crippen LogP contribution is -2.14. The molecule has 1 aromatic rings. The number of methoxy groups -OCH3 is 1. The van der Waals surface area contributed by atoms with Crippen molar-refractivity contribution in [3.8, 4) is 5.75 Å². The molecule has 0 N–H and O–H groups in total. The quantitative estimate of drug-likeness (QED) is 0.716. The van der Waals surface area contributed by atoms with Gasteiger partial charge in [0.25, 0.3) is 0 Å². The van der Waals surface area contributed by atoms with E-state index in [0.29, 0.717) is 5.92 Å². The second kappa shape index (κ2) is 4.48. The maximum absolute atomic E-state index is 5.46. The minimum Gasteiger partial charge on any atom is -0.496 e. The molecule has 1 nitrogen and oxygen atoms in total. The first-order valence-corrected chi connectivity index (χ1v) is 5.96. The van der Waals surface area contributed by atoms with Crippen LogP contribution in [-0.4, -0.2) is 7.11 Å². The Labute approximate surface area is 99.8 Å². The van der Waals surface area contributed by atoms with Gasteiger partial charge in [0.1, 0.15) is 5.75 Å². The molecule has 0 heterocycles. The third-order valence-electron chi connectivity index (χ3n) is 3.01. The molecule has 0 fully saturated rings. The van der Waals surface area contributed by atoms with Crippen LogP contribution in [0, 0.1) is 6.92 Å². The molecule has 0 spiro atoms. The summed E-state index contributed by atoms with van der Waals surface area (Å²) >= 11 is 0. The Morgan fingerprint density at radius 2 is 1.69 bits per heavy atom. The Hall–Kier alpha value is -0.980. The van der Waals surface area contributed by atoms with E-state index in [4.69, 9.17) is 4.74 Å². The molecular formula is C15H24O. The lowest BCUT2D eigenvalue weighted by atomic mass is 9.82. The van der Waals surface area contributed by atoms with Gasteiger partial charge in [-0.1, -0.05) is 40.7 Å². The van der Waals surface area contributed by atoms with E-state index in [9.17, 15) is 0 Å². The molecule has 0 unspecified atom stereocenters. The Bertz CT molecular complexity index is 370. The van der Waals surface area contributed by atoms with Crippen LogP contribution in [0.4, 0.5) is 0 Å². The third-order valence-corrected chi connectivity index (χ3v) is 3.01. The van der Waals surface area contributed by atoms with Gasteiger partial charge < -0.3 is 4.74 Å². The molecule has 0 atom stereocenters. The average Bonchev–Trinajstić information content (AvgIpc) is 2.14. The molecule has 0 aliphatic carbocycles. The highest BCUT2D eigenvalue weighted by molar-refractivity contribution is 5.46. The summed E-state index contributed by atoms with van der Waals surface area (Å²) in [5, 5.41) is 0. The smallest absolute Gasteiger partial charge is 0.122 e. The van der Waals surface area contributed by atoms with Gasteiger partial charge in [-0.05, 0) is 41.0 Å². The molecule has 0 radical (unpaired) electrons. The van der Waals surface area contributed by atoms with Gasteiger partial charge in [-0.15, -0.1) is 0 Å². The van der Waals surface area contributed by atoms with Crippen molar-refractivity contribution < 1.29 is 4.74 Å². The Balaban J connectivity index is 3.39. The Morgan fingerprint density at radius 1 is 1.12 bits per heavy atom. The van der Waals surface area contributed by atoms with Crippen LogP contribution in [0.5, 0.6) is 5.75 Å². The van der Waals surface area contributed by atoms with E-state index in [1.807, 2.05) is 0 Å². The van der Waals surface area contributed by atoms with Crippen molar-refractivity contribution in [2.24, 2.45) is 0 Å². The van der Waals surface area contributed by atoms with Gasteiger partial charge in [-0.3, -0.25) is 0 Å². The molecule has 0 aromatic heterocycles. The highest BCUT2D eigenvalue weighted by Crippen LogP contribution is 2.34. The second-order valence-electron chi connectivity index (χ2n) is 5.81. The van der Waals surface area contributed by atoms with Gasteiger partial charge in [0.2, 0.25) is 0 Å². The summed E-state index contributed by atoms with van der Waals surface area (Å²) in [5.74, 6) is 1.51. The predicted molar refractivity (Wildman–Crippen MR) is 70.5 cm³/mol. The fourth-order valence-electron chi connectivity index (χ4n) is 2.13. The second-order valence-corrected chi connectivity index (χ2v) is 5.81. The highest BCUT2D eigenvalue weighted by atomic mass is 16.5. The fourth-order valence-corrected chi connectivity index (χ4v) is 2.13. The molecule has 0 amide bonds. The highest BCUT2D eigenvalue weighted by Gasteiger charge is 2.19. The molecule has 0 saturated heterocycles. The van der Waals surface area contributed by atoms with Crippen molar-refractivity contribution in [3.05, 3.63) is 28.8 Å². The number of aryl methyl sites for hydroxylation is 1. The summed E-state index contributed by atoms with van der Waals surface area (Å²) in [7, 11) is 1.75. The zero-order valence-corrected chi connectivity index (χ0v) is 11.6. The van der Waals surface area contributed by atoms with Crippen LogP contribution in [0.1, 0.15) is 57.2 Å². The van der Waals surface area contributed by atoms with Crippen LogP contribution in [0.15, 0.2) is 12.1 Å². The lowest BCUT2D eigenvalue weighted by molar-refractivity contribution is 0.406. The zero-order chi connectivity index (χ0) is 12.5. The Kier molecular flexibility index (Phi) is 3.67.